The van der Waals surface area contributed by atoms with E-state index in [0.29, 0.717) is 25.1 Å². The van der Waals surface area contributed by atoms with Gasteiger partial charge in [-0.25, -0.2) is 4.39 Å². The van der Waals surface area contributed by atoms with E-state index in [1.807, 2.05) is 6.07 Å². The van der Waals surface area contributed by atoms with E-state index in [2.05, 4.69) is 5.32 Å². The fourth-order valence-corrected chi connectivity index (χ4v) is 2.25. The van der Waals surface area contributed by atoms with Crippen LogP contribution < -0.4 is 5.32 Å². The van der Waals surface area contributed by atoms with Crippen LogP contribution in [0.1, 0.15) is 31.2 Å². The van der Waals surface area contributed by atoms with Gasteiger partial charge in [-0.1, -0.05) is 18.2 Å². The van der Waals surface area contributed by atoms with Gasteiger partial charge in [0.15, 0.2) is 0 Å². The molecule has 4 heteroatoms. The number of rotatable bonds is 5. The van der Waals surface area contributed by atoms with Crippen LogP contribution in [0.3, 0.4) is 0 Å². The molecule has 19 heavy (non-hydrogen) atoms. The van der Waals surface area contributed by atoms with E-state index in [1.54, 1.807) is 12.1 Å². The van der Waals surface area contributed by atoms with Gasteiger partial charge in [0.2, 0.25) is 5.91 Å². The molecule has 0 aromatic heterocycles. The van der Waals surface area contributed by atoms with Gasteiger partial charge >= 0.3 is 0 Å². The molecule has 1 aromatic rings. The molecule has 0 spiro atoms. The van der Waals surface area contributed by atoms with Gasteiger partial charge < -0.3 is 10.1 Å². The Labute approximate surface area is 113 Å². The van der Waals surface area contributed by atoms with Crippen molar-refractivity contribution in [2.45, 2.75) is 38.2 Å². The minimum absolute atomic E-state index is 0.0340. The molecule has 1 aliphatic rings. The molecule has 1 heterocycles. The number of aryl methyl sites for hydroxylation is 1. The van der Waals surface area contributed by atoms with Gasteiger partial charge in [0, 0.05) is 13.2 Å². The number of halogens is 1. The summed E-state index contributed by atoms with van der Waals surface area (Å²) in [7, 11) is 0. The lowest BCUT2D eigenvalue weighted by Gasteiger charge is -2.21. The predicted octanol–water partition coefficient (Wildman–Crippen LogP) is 2.44. The summed E-state index contributed by atoms with van der Waals surface area (Å²) in [5, 5.41) is 2.86. The zero-order valence-electron chi connectivity index (χ0n) is 11.0. The van der Waals surface area contributed by atoms with Crippen LogP contribution in [0.15, 0.2) is 24.3 Å². The van der Waals surface area contributed by atoms with Crippen molar-refractivity contribution in [1.82, 2.24) is 5.32 Å². The maximum Gasteiger partial charge on any atom is 0.249 e. The van der Waals surface area contributed by atoms with Crippen LogP contribution in [-0.2, 0) is 16.0 Å². The van der Waals surface area contributed by atoms with Crippen LogP contribution in [0.25, 0.3) is 0 Å². The molecule has 2 rings (SSSR count). The Balaban J connectivity index is 1.66. The SMILES string of the molecule is O=C(NCCCc1ccccc1F)[C@H]1CCCCO1. The number of hydrogen-bond acceptors (Lipinski definition) is 2. The molecule has 1 aliphatic heterocycles. The van der Waals surface area contributed by atoms with E-state index in [-0.39, 0.29) is 17.8 Å². The van der Waals surface area contributed by atoms with Crippen LogP contribution >= 0.6 is 0 Å². The van der Waals surface area contributed by atoms with Crippen molar-refractivity contribution in [3.63, 3.8) is 0 Å². The molecule has 104 valence electrons. The zero-order chi connectivity index (χ0) is 13.5. The summed E-state index contributed by atoms with van der Waals surface area (Å²) in [6, 6.07) is 6.75. The fraction of sp³-hybridized carbons (Fsp3) is 0.533. The van der Waals surface area contributed by atoms with Gasteiger partial charge in [-0.2, -0.15) is 0 Å². The average molecular weight is 265 g/mol. The van der Waals surface area contributed by atoms with E-state index in [0.717, 1.165) is 25.7 Å². The number of nitrogens with one attached hydrogen (secondary N) is 1. The molecule has 0 aliphatic carbocycles. The summed E-state index contributed by atoms with van der Waals surface area (Å²) in [5.74, 6) is -0.210. The topological polar surface area (TPSA) is 38.3 Å². The Morgan fingerprint density at radius 1 is 1.37 bits per heavy atom. The van der Waals surface area contributed by atoms with Gasteiger partial charge in [0.1, 0.15) is 11.9 Å². The summed E-state index contributed by atoms with van der Waals surface area (Å²) in [6.07, 6.45) is 3.98. The molecular weight excluding hydrogens is 245 g/mol. The molecule has 1 amide bonds. The lowest BCUT2D eigenvalue weighted by atomic mass is 10.1. The fourth-order valence-electron chi connectivity index (χ4n) is 2.25. The molecule has 1 aromatic carbocycles. The number of amides is 1. The largest absolute Gasteiger partial charge is 0.368 e. The maximum atomic E-state index is 13.4. The van der Waals surface area contributed by atoms with Gasteiger partial charge in [0.25, 0.3) is 0 Å². The van der Waals surface area contributed by atoms with Crippen LogP contribution in [0.2, 0.25) is 0 Å². The highest BCUT2D eigenvalue weighted by atomic mass is 19.1. The highest BCUT2D eigenvalue weighted by Crippen LogP contribution is 2.12. The molecular formula is C15H20FNO2. The first-order valence-electron chi connectivity index (χ1n) is 6.90. The first kappa shape index (κ1) is 14.0. The van der Waals surface area contributed by atoms with Gasteiger partial charge in [0.05, 0.1) is 0 Å². The molecule has 0 bridgehead atoms. The average Bonchev–Trinajstić information content (AvgIpc) is 2.46. The quantitative estimate of drug-likeness (QED) is 0.830. The van der Waals surface area contributed by atoms with Crippen molar-refractivity contribution >= 4 is 5.91 Å². The lowest BCUT2D eigenvalue weighted by molar-refractivity contribution is -0.135. The van der Waals surface area contributed by atoms with Crippen LogP contribution in [0, 0.1) is 5.82 Å². The molecule has 1 saturated heterocycles. The molecule has 0 radical (unpaired) electrons. The van der Waals surface area contributed by atoms with Gasteiger partial charge in [-0.15, -0.1) is 0 Å². The second-order valence-electron chi connectivity index (χ2n) is 4.84. The summed E-state index contributed by atoms with van der Waals surface area (Å²) < 4.78 is 18.8. The summed E-state index contributed by atoms with van der Waals surface area (Å²) in [6.45, 7) is 1.24. The molecule has 0 unspecified atom stereocenters. The molecule has 1 N–H and O–H groups in total. The van der Waals surface area contributed by atoms with E-state index in [9.17, 15) is 9.18 Å². The Bertz CT molecular complexity index is 416. The van der Waals surface area contributed by atoms with Crippen molar-refractivity contribution in [2.24, 2.45) is 0 Å². The Morgan fingerprint density at radius 2 is 2.21 bits per heavy atom. The number of carbonyl (C=O) groups excluding carboxylic acids is 1. The Hall–Kier alpha value is -1.42. The second kappa shape index (κ2) is 7.24. The second-order valence-corrected chi connectivity index (χ2v) is 4.84. The van der Waals surface area contributed by atoms with E-state index in [4.69, 9.17) is 4.74 Å². The first-order chi connectivity index (χ1) is 9.27. The normalized spacial score (nSPS) is 19.1. The number of carbonyl (C=O) groups is 1. The van der Waals surface area contributed by atoms with Crippen molar-refractivity contribution in [3.05, 3.63) is 35.6 Å². The van der Waals surface area contributed by atoms with Gasteiger partial charge in [-0.05, 0) is 43.7 Å². The van der Waals surface area contributed by atoms with E-state index in [1.165, 1.54) is 6.07 Å². The summed E-state index contributed by atoms with van der Waals surface area (Å²) in [4.78, 5) is 11.8. The number of benzene rings is 1. The molecule has 3 nitrogen and oxygen atoms in total. The third-order valence-corrected chi connectivity index (χ3v) is 3.35. The third-order valence-electron chi connectivity index (χ3n) is 3.35. The molecule has 1 fully saturated rings. The highest BCUT2D eigenvalue weighted by Gasteiger charge is 2.21. The smallest absolute Gasteiger partial charge is 0.249 e. The van der Waals surface area contributed by atoms with E-state index < -0.39 is 0 Å². The number of ether oxygens (including phenoxy) is 1. The van der Waals surface area contributed by atoms with E-state index >= 15 is 0 Å². The maximum absolute atomic E-state index is 13.4. The Kier molecular flexibility index (Phi) is 5.33. The van der Waals surface area contributed by atoms with Crippen molar-refractivity contribution < 1.29 is 13.9 Å². The monoisotopic (exact) mass is 265 g/mol. The summed E-state index contributed by atoms with van der Waals surface area (Å²) >= 11 is 0. The van der Waals surface area contributed by atoms with Crippen molar-refractivity contribution in [2.75, 3.05) is 13.2 Å². The lowest BCUT2D eigenvalue weighted by Crippen LogP contribution is -2.38. The highest BCUT2D eigenvalue weighted by molar-refractivity contribution is 5.80. The first-order valence-corrected chi connectivity index (χ1v) is 6.90. The summed E-state index contributed by atoms with van der Waals surface area (Å²) in [5.41, 5.74) is 0.700. The Morgan fingerprint density at radius 3 is 2.95 bits per heavy atom. The van der Waals surface area contributed by atoms with Crippen molar-refractivity contribution in [1.29, 1.82) is 0 Å². The predicted molar refractivity (Wildman–Crippen MR) is 71.3 cm³/mol. The molecule has 0 saturated carbocycles. The van der Waals surface area contributed by atoms with Crippen molar-refractivity contribution in [3.8, 4) is 0 Å². The number of hydrogen-bond donors (Lipinski definition) is 1. The van der Waals surface area contributed by atoms with Crippen LogP contribution in [0.4, 0.5) is 4.39 Å². The van der Waals surface area contributed by atoms with Crippen LogP contribution in [-0.4, -0.2) is 25.2 Å². The minimum atomic E-state index is -0.290. The third kappa shape index (κ3) is 4.31. The van der Waals surface area contributed by atoms with Gasteiger partial charge in [-0.3, -0.25) is 4.79 Å². The standard InChI is InChI=1S/C15H20FNO2/c16-13-8-2-1-6-12(13)7-5-10-17-15(18)14-9-3-4-11-19-14/h1-2,6,8,14H,3-5,7,9-11H2,(H,17,18)/t14-/m1/s1. The van der Waals surface area contributed by atoms with Crippen LogP contribution in [0.5, 0.6) is 0 Å². The molecule has 1 atom stereocenters. The zero-order valence-corrected chi connectivity index (χ0v) is 11.0. The minimum Gasteiger partial charge on any atom is -0.368 e.